The molecule has 1 unspecified atom stereocenters. The summed E-state index contributed by atoms with van der Waals surface area (Å²) in [6, 6.07) is 9.00. The fourth-order valence-electron chi connectivity index (χ4n) is 2.23. The minimum absolute atomic E-state index is 0.00707. The Balaban J connectivity index is 2.62. The molecule has 0 heterocycles. The number of rotatable bonds is 9. The molecule has 0 saturated carbocycles. The van der Waals surface area contributed by atoms with Crippen LogP contribution in [0, 0.1) is 11.8 Å². The SMILES string of the molecule is CC(C)C(=O)CC(NC(=O)CCc1ccccc1)C(=O)C(C)C. The fourth-order valence-corrected chi connectivity index (χ4v) is 2.23. The Labute approximate surface area is 138 Å². The van der Waals surface area contributed by atoms with Crippen LogP contribution in [0.4, 0.5) is 0 Å². The van der Waals surface area contributed by atoms with Crippen LogP contribution in [0.1, 0.15) is 46.1 Å². The molecule has 1 rings (SSSR count). The van der Waals surface area contributed by atoms with Gasteiger partial charge < -0.3 is 5.32 Å². The largest absolute Gasteiger partial charge is 0.346 e. The third-order valence-corrected chi connectivity index (χ3v) is 3.78. The van der Waals surface area contributed by atoms with Gasteiger partial charge in [-0.3, -0.25) is 14.4 Å². The van der Waals surface area contributed by atoms with Crippen molar-refractivity contribution in [1.29, 1.82) is 0 Å². The molecule has 23 heavy (non-hydrogen) atoms. The van der Waals surface area contributed by atoms with Crippen molar-refractivity contribution < 1.29 is 14.4 Å². The van der Waals surface area contributed by atoms with E-state index in [9.17, 15) is 14.4 Å². The van der Waals surface area contributed by atoms with Gasteiger partial charge in [0.05, 0.1) is 6.04 Å². The van der Waals surface area contributed by atoms with Gasteiger partial charge in [0.2, 0.25) is 5.91 Å². The highest BCUT2D eigenvalue weighted by atomic mass is 16.2. The van der Waals surface area contributed by atoms with Crippen LogP contribution in [0.5, 0.6) is 0 Å². The van der Waals surface area contributed by atoms with Gasteiger partial charge in [-0.05, 0) is 12.0 Å². The first kappa shape index (κ1) is 19.1. The lowest BCUT2D eigenvalue weighted by Gasteiger charge is -2.20. The van der Waals surface area contributed by atoms with Crippen molar-refractivity contribution in [2.45, 2.75) is 53.0 Å². The monoisotopic (exact) mass is 317 g/mol. The molecule has 0 radical (unpaired) electrons. The van der Waals surface area contributed by atoms with E-state index in [1.807, 2.05) is 30.3 Å². The number of hydrogen-bond donors (Lipinski definition) is 1. The van der Waals surface area contributed by atoms with Crippen LogP contribution in [0.2, 0.25) is 0 Å². The molecule has 0 aromatic heterocycles. The summed E-state index contributed by atoms with van der Waals surface area (Å²) in [4.78, 5) is 36.3. The molecule has 126 valence electrons. The predicted octanol–water partition coefficient (Wildman–Crippen LogP) is 2.94. The van der Waals surface area contributed by atoms with Crippen LogP contribution in [-0.4, -0.2) is 23.5 Å². The molecule has 4 nitrogen and oxygen atoms in total. The molecule has 1 amide bonds. The highest BCUT2D eigenvalue weighted by molar-refractivity contribution is 5.94. The number of nitrogens with one attached hydrogen (secondary N) is 1. The van der Waals surface area contributed by atoms with Crippen molar-refractivity contribution in [2.75, 3.05) is 0 Å². The number of Topliss-reactive ketones (excluding diaryl/α,β-unsaturated/α-hetero) is 2. The number of carbonyl (C=O) groups excluding carboxylic acids is 3. The first-order valence-corrected chi connectivity index (χ1v) is 8.21. The van der Waals surface area contributed by atoms with Crippen LogP contribution < -0.4 is 5.32 Å². The maximum absolute atomic E-state index is 12.2. The first-order valence-electron chi connectivity index (χ1n) is 8.21. The summed E-state index contributed by atoms with van der Waals surface area (Å²) >= 11 is 0. The topological polar surface area (TPSA) is 63.2 Å². The molecular formula is C19H27NO3. The predicted molar refractivity (Wildman–Crippen MR) is 91.0 cm³/mol. The van der Waals surface area contributed by atoms with Crippen molar-refractivity contribution in [1.82, 2.24) is 5.32 Å². The van der Waals surface area contributed by atoms with Crippen molar-refractivity contribution in [3.05, 3.63) is 35.9 Å². The van der Waals surface area contributed by atoms with E-state index in [1.165, 1.54) is 0 Å². The molecular weight excluding hydrogens is 290 g/mol. The number of aryl methyl sites for hydroxylation is 1. The van der Waals surface area contributed by atoms with Crippen LogP contribution in [0.3, 0.4) is 0 Å². The Bertz CT molecular complexity index is 535. The minimum atomic E-state index is -0.715. The molecule has 0 fully saturated rings. The minimum Gasteiger partial charge on any atom is -0.346 e. The fraction of sp³-hybridized carbons (Fsp3) is 0.526. The quantitative estimate of drug-likeness (QED) is 0.761. The molecule has 4 heteroatoms. The molecule has 1 atom stereocenters. The summed E-state index contributed by atoms with van der Waals surface area (Å²) in [6.07, 6.45) is 1.00. The van der Waals surface area contributed by atoms with Crippen molar-refractivity contribution in [3.8, 4) is 0 Å². The van der Waals surface area contributed by atoms with Gasteiger partial charge in [-0.2, -0.15) is 0 Å². The molecule has 0 saturated heterocycles. The summed E-state index contributed by atoms with van der Waals surface area (Å²) in [5, 5.41) is 2.74. The zero-order chi connectivity index (χ0) is 17.4. The standard InChI is InChI=1S/C19H27NO3/c1-13(2)17(21)12-16(19(23)14(3)4)20-18(22)11-10-15-8-6-5-7-9-15/h5-9,13-14,16H,10-12H2,1-4H3,(H,20,22). The lowest BCUT2D eigenvalue weighted by atomic mass is 9.94. The third-order valence-electron chi connectivity index (χ3n) is 3.78. The maximum Gasteiger partial charge on any atom is 0.220 e. The molecule has 0 spiro atoms. The van der Waals surface area contributed by atoms with E-state index < -0.39 is 6.04 Å². The lowest BCUT2D eigenvalue weighted by molar-refractivity contribution is -0.132. The van der Waals surface area contributed by atoms with Gasteiger partial charge in [-0.25, -0.2) is 0 Å². The summed E-state index contributed by atoms with van der Waals surface area (Å²) in [5.41, 5.74) is 1.08. The second kappa shape index (κ2) is 9.23. The number of ketones is 2. The van der Waals surface area contributed by atoms with E-state index in [-0.39, 0.29) is 35.7 Å². The Morgan fingerprint density at radius 3 is 2.09 bits per heavy atom. The van der Waals surface area contributed by atoms with Crippen LogP contribution >= 0.6 is 0 Å². The molecule has 1 N–H and O–H groups in total. The Morgan fingerprint density at radius 1 is 0.957 bits per heavy atom. The Hall–Kier alpha value is -1.97. The van der Waals surface area contributed by atoms with Crippen LogP contribution in [0.25, 0.3) is 0 Å². The van der Waals surface area contributed by atoms with Gasteiger partial charge in [0, 0.05) is 24.7 Å². The Morgan fingerprint density at radius 2 is 1.57 bits per heavy atom. The normalized spacial score (nSPS) is 12.3. The summed E-state index contributed by atoms with van der Waals surface area (Å²) < 4.78 is 0. The smallest absolute Gasteiger partial charge is 0.220 e. The van der Waals surface area contributed by atoms with E-state index in [1.54, 1.807) is 27.7 Å². The van der Waals surface area contributed by atoms with Gasteiger partial charge in [0.25, 0.3) is 0 Å². The van der Waals surface area contributed by atoms with E-state index >= 15 is 0 Å². The maximum atomic E-state index is 12.2. The second-order valence-electron chi connectivity index (χ2n) is 6.49. The summed E-state index contributed by atoms with van der Waals surface area (Å²) in [5.74, 6) is -0.642. The van der Waals surface area contributed by atoms with Gasteiger partial charge in [0.15, 0.2) is 5.78 Å². The average molecular weight is 317 g/mol. The highest BCUT2D eigenvalue weighted by Gasteiger charge is 2.26. The number of benzene rings is 1. The van der Waals surface area contributed by atoms with Crippen LogP contribution in [0.15, 0.2) is 30.3 Å². The average Bonchev–Trinajstić information content (AvgIpc) is 2.52. The van der Waals surface area contributed by atoms with Gasteiger partial charge >= 0.3 is 0 Å². The highest BCUT2D eigenvalue weighted by Crippen LogP contribution is 2.09. The molecule has 0 aliphatic rings. The van der Waals surface area contributed by atoms with E-state index in [4.69, 9.17) is 0 Å². The summed E-state index contributed by atoms with van der Waals surface area (Å²) in [7, 11) is 0. The number of amides is 1. The van der Waals surface area contributed by atoms with Crippen molar-refractivity contribution in [3.63, 3.8) is 0 Å². The molecule has 0 aliphatic heterocycles. The number of carbonyl (C=O) groups is 3. The van der Waals surface area contributed by atoms with Crippen molar-refractivity contribution >= 4 is 17.5 Å². The van der Waals surface area contributed by atoms with E-state index in [2.05, 4.69) is 5.32 Å². The van der Waals surface area contributed by atoms with Crippen LogP contribution in [-0.2, 0) is 20.8 Å². The first-order chi connectivity index (χ1) is 10.8. The van der Waals surface area contributed by atoms with Crippen molar-refractivity contribution in [2.24, 2.45) is 11.8 Å². The second-order valence-corrected chi connectivity index (χ2v) is 6.49. The lowest BCUT2D eigenvalue weighted by Crippen LogP contribution is -2.44. The van der Waals surface area contributed by atoms with E-state index in [0.717, 1.165) is 5.56 Å². The third kappa shape index (κ3) is 6.76. The molecule has 1 aromatic carbocycles. The molecule has 0 aliphatic carbocycles. The van der Waals surface area contributed by atoms with E-state index in [0.29, 0.717) is 12.8 Å². The van der Waals surface area contributed by atoms with Gasteiger partial charge in [0.1, 0.15) is 5.78 Å². The number of hydrogen-bond acceptors (Lipinski definition) is 3. The zero-order valence-corrected chi connectivity index (χ0v) is 14.5. The molecule has 1 aromatic rings. The molecule has 0 bridgehead atoms. The Kier molecular flexibility index (Phi) is 7.66. The summed E-state index contributed by atoms with van der Waals surface area (Å²) in [6.45, 7) is 7.17. The zero-order valence-electron chi connectivity index (χ0n) is 14.5. The van der Waals surface area contributed by atoms with Gasteiger partial charge in [-0.1, -0.05) is 58.0 Å². The van der Waals surface area contributed by atoms with Gasteiger partial charge in [-0.15, -0.1) is 0 Å².